The fourth-order valence-corrected chi connectivity index (χ4v) is 0.529. The summed E-state index contributed by atoms with van der Waals surface area (Å²) >= 11 is 0. The van der Waals surface area contributed by atoms with Crippen molar-refractivity contribution >= 4 is 5.97 Å². The number of carbonyl (C=O) groups is 1. The van der Waals surface area contributed by atoms with Gasteiger partial charge in [0.25, 0.3) is 0 Å². The molecule has 0 saturated carbocycles. The van der Waals surface area contributed by atoms with Gasteiger partial charge in [0.05, 0.1) is 0 Å². The molecule has 0 fully saturated rings. The van der Waals surface area contributed by atoms with Crippen LogP contribution in [0.1, 0.15) is 19.8 Å². The lowest BCUT2D eigenvalue weighted by Crippen LogP contribution is -2.41. The largest absolute Gasteiger partial charge is 0.459 e. The normalized spacial score (nSPS) is 12.7. The zero-order valence-corrected chi connectivity index (χ0v) is 7.33. The highest BCUT2D eigenvalue weighted by atomic mass is 19.4. The molecule has 0 aliphatic carbocycles. The Hall–Kier alpha value is -0.880. The second-order valence-electron chi connectivity index (χ2n) is 2.61. The van der Waals surface area contributed by atoms with Crippen LogP contribution in [0.3, 0.4) is 0 Å². The van der Waals surface area contributed by atoms with Gasteiger partial charge < -0.3 is 4.74 Å². The van der Waals surface area contributed by atoms with Crippen LogP contribution in [-0.4, -0.2) is 24.7 Å². The van der Waals surface area contributed by atoms with Crippen molar-refractivity contribution in [1.29, 1.82) is 0 Å². The summed E-state index contributed by atoms with van der Waals surface area (Å²) in [7, 11) is 0. The van der Waals surface area contributed by atoms with E-state index in [0.29, 0.717) is 6.42 Å². The van der Waals surface area contributed by atoms with Crippen LogP contribution in [0, 0.1) is 0 Å². The molecule has 0 bridgehead atoms. The summed E-state index contributed by atoms with van der Waals surface area (Å²) < 4.78 is 62.6. The van der Waals surface area contributed by atoms with Gasteiger partial charge in [0.15, 0.2) is 6.61 Å². The van der Waals surface area contributed by atoms with Crippen LogP contribution in [0.25, 0.3) is 0 Å². The maximum Gasteiger partial charge on any atom is 0.456 e. The summed E-state index contributed by atoms with van der Waals surface area (Å²) in [5.41, 5.74) is 0. The lowest BCUT2D eigenvalue weighted by molar-refractivity contribution is -0.294. The van der Waals surface area contributed by atoms with E-state index in [9.17, 15) is 26.7 Å². The van der Waals surface area contributed by atoms with Gasteiger partial charge in [0.1, 0.15) is 0 Å². The molecule has 0 heterocycles. The van der Waals surface area contributed by atoms with E-state index in [0.717, 1.165) is 0 Å². The van der Waals surface area contributed by atoms with E-state index >= 15 is 0 Å². The van der Waals surface area contributed by atoms with E-state index in [1.54, 1.807) is 6.92 Å². The van der Waals surface area contributed by atoms with Crippen LogP contribution in [0.5, 0.6) is 0 Å². The Morgan fingerprint density at radius 3 is 2.07 bits per heavy atom. The molecule has 7 heteroatoms. The Morgan fingerprint density at radius 2 is 1.71 bits per heavy atom. The zero-order chi connectivity index (χ0) is 11.4. The third kappa shape index (κ3) is 3.89. The Morgan fingerprint density at radius 1 is 1.21 bits per heavy atom. The van der Waals surface area contributed by atoms with Gasteiger partial charge in [-0.2, -0.15) is 22.0 Å². The molecule has 0 aliphatic heterocycles. The number of halogens is 5. The quantitative estimate of drug-likeness (QED) is 0.537. The molecule has 0 saturated heterocycles. The molecule has 0 rings (SSSR count). The van der Waals surface area contributed by atoms with Crippen LogP contribution in [-0.2, 0) is 9.53 Å². The predicted molar refractivity (Wildman–Crippen MR) is 36.9 cm³/mol. The van der Waals surface area contributed by atoms with Crippen molar-refractivity contribution in [3.8, 4) is 0 Å². The molecule has 0 unspecified atom stereocenters. The van der Waals surface area contributed by atoms with Crippen LogP contribution in [0.15, 0.2) is 0 Å². The fraction of sp³-hybridized carbons (Fsp3) is 0.857. The minimum Gasteiger partial charge on any atom is -0.459 e. The van der Waals surface area contributed by atoms with Crippen LogP contribution in [0.4, 0.5) is 22.0 Å². The summed E-state index contributed by atoms with van der Waals surface area (Å²) in [6.07, 6.45) is -5.52. The Balaban J connectivity index is 4.06. The van der Waals surface area contributed by atoms with Crippen molar-refractivity contribution in [2.24, 2.45) is 0 Å². The van der Waals surface area contributed by atoms with Crippen molar-refractivity contribution in [3.63, 3.8) is 0 Å². The third-order valence-electron chi connectivity index (χ3n) is 1.28. The molecule has 0 radical (unpaired) electrons. The van der Waals surface area contributed by atoms with Gasteiger partial charge in [0.2, 0.25) is 0 Å². The van der Waals surface area contributed by atoms with E-state index in [1.165, 1.54) is 0 Å². The van der Waals surface area contributed by atoms with Gasteiger partial charge in [-0.1, -0.05) is 6.92 Å². The van der Waals surface area contributed by atoms with Gasteiger partial charge in [-0.3, -0.25) is 4.79 Å². The van der Waals surface area contributed by atoms with E-state index in [-0.39, 0.29) is 6.42 Å². The number of rotatable bonds is 4. The highest BCUT2D eigenvalue weighted by Gasteiger charge is 2.58. The van der Waals surface area contributed by atoms with Crippen molar-refractivity contribution in [2.45, 2.75) is 31.9 Å². The first-order chi connectivity index (χ1) is 6.20. The number of ether oxygens (including phenoxy) is 1. The molecule has 2 nitrogen and oxygen atoms in total. The highest BCUT2D eigenvalue weighted by Crippen LogP contribution is 2.35. The molecule has 0 atom stereocenters. The van der Waals surface area contributed by atoms with Crippen molar-refractivity contribution in [3.05, 3.63) is 0 Å². The van der Waals surface area contributed by atoms with E-state index in [2.05, 4.69) is 4.74 Å². The molecule has 0 spiro atoms. The van der Waals surface area contributed by atoms with Gasteiger partial charge in [-0.25, -0.2) is 0 Å². The second kappa shape index (κ2) is 4.56. The minimum atomic E-state index is -5.68. The Labute approximate surface area is 77.0 Å². The van der Waals surface area contributed by atoms with Crippen molar-refractivity contribution < 1.29 is 31.5 Å². The van der Waals surface area contributed by atoms with Gasteiger partial charge in [-0.05, 0) is 6.42 Å². The molecule has 0 aromatic carbocycles. The summed E-state index contributed by atoms with van der Waals surface area (Å²) in [5.74, 6) is -6.03. The number of esters is 1. The van der Waals surface area contributed by atoms with Crippen molar-refractivity contribution in [2.75, 3.05) is 6.61 Å². The zero-order valence-electron chi connectivity index (χ0n) is 7.33. The average molecular weight is 220 g/mol. The Kier molecular flexibility index (Phi) is 4.28. The predicted octanol–water partition coefficient (Wildman–Crippen LogP) is 2.53. The number of alkyl halides is 5. The van der Waals surface area contributed by atoms with Crippen LogP contribution >= 0.6 is 0 Å². The molecule has 14 heavy (non-hydrogen) atoms. The number of hydrogen-bond donors (Lipinski definition) is 0. The summed E-state index contributed by atoms with van der Waals surface area (Å²) in [4.78, 5) is 10.5. The SMILES string of the molecule is CCCC(=O)OCC(F)(F)C(F)(F)F. The molecule has 0 aliphatic rings. The average Bonchev–Trinajstić information content (AvgIpc) is 1.99. The van der Waals surface area contributed by atoms with Crippen LogP contribution in [0.2, 0.25) is 0 Å². The maximum atomic E-state index is 12.1. The lowest BCUT2D eigenvalue weighted by atomic mass is 10.3. The molecule has 0 N–H and O–H groups in total. The van der Waals surface area contributed by atoms with Crippen molar-refractivity contribution in [1.82, 2.24) is 0 Å². The smallest absolute Gasteiger partial charge is 0.456 e. The standard InChI is InChI=1S/C7H9F5O2/c1-2-3-5(13)14-4-6(8,9)7(10,11)12/h2-4H2,1H3. The summed E-state index contributed by atoms with van der Waals surface area (Å²) in [5, 5.41) is 0. The Bertz CT molecular complexity index is 199. The van der Waals surface area contributed by atoms with Gasteiger partial charge >= 0.3 is 18.1 Å². The van der Waals surface area contributed by atoms with Gasteiger partial charge in [0, 0.05) is 6.42 Å². The third-order valence-corrected chi connectivity index (χ3v) is 1.28. The topological polar surface area (TPSA) is 26.3 Å². The second-order valence-corrected chi connectivity index (χ2v) is 2.61. The fourth-order valence-electron chi connectivity index (χ4n) is 0.529. The number of carbonyl (C=O) groups excluding carboxylic acids is 1. The highest BCUT2D eigenvalue weighted by molar-refractivity contribution is 5.69. The summed E-state index contributed by atoms with van der Waals surface area (Å²) in [6, 6.07) is 0. The van der Waals surface area contributed by atoms with Gasteiger partial charge in [-0.15, -0.1) is 0 Å². The molecular weight excluding hydrogens is 211 g/mol. The monoisotopic (exact) mass is 220 g/mol. The van der Waals surface area contributed by atoms with E-state index < -0.39 is 24.7 Å². The molecule has 0 aromatic heterocycles. The van der Waals surface area contributed by atoms with E-state index in [1.807, 2.05) is 0 Å². The summed E-state index contributed by atoms with van der Waals surface area (Å²) in [6.45, 7) is -0.376. The maximum absolute atomic E-state index is 12.1. The molecule has 84 valence electrons. The molecule has 0 amide bonds. The molecular formula is C7H9F5O2. The lowest BCUT2D eigenvalue weighted by Gasteiger charge is -2.18. The first-order valence-electron chi connectivity index (χ1n) is 3.81. The van der Waals surface area contributed by atoms with E-state index in [4.69, 9.17) is 0 Å². The minimum absolute atomic E-state index is 0.173. The number of hydrogen-bond acceptors (Lipinski definition) is 2. The molecule has 0 aromatic rings. The first-order valence-corrected chi connectivity index (χ1v) is 3.81. The first kappa shape index (κ1) is 13.1. The van der Waals surface area contributed by atoms with Crippen LogP contribution < -0.4 is 0 Å².